The molecule has 1 aliphatic heterocycles. The Bertz CT molecular complexity index is 460. The Morgan fingerprint density at radius 2 is 1.81 bits per heavy atom. The van der Waals surface area contributed by atoms with Gasteiger partial charge in [-0.25, -0.2) is 0 Å². The summed E-state index contributed by atoms with van der Waals surface area (Å²) in [6.45, 7) is 15.5. The monoisotopic (exact) mass is 353 g/mol. The van der Waals surface area contributed by atoms with E-state index in [1.807, 2.05) is 0 Å². The predicted octanol–water partition coefficient (Wildman–Crippen LogP) is 3.48. The fourth-order valence-electron chi connectivity index (χ4n) is 2.59. The van der Waals surface area contributed by atoms with Crippen LogP contribution in [0.2, 0.25) is 0 Å². The summed E-state index contributed by atoms with van der Waals surface area (Å²) in [5.41, 5.74) is 2.81. The first-order chi connectivity index (χ1) is 9.89. The fourth-order valence-corrected chi connectivity index (χ4v) is 3.27. The number of nitrogens with one attached hydrogen (secondary N) is 1. The summed E-state index contributed by atoms with van der Waals surface area (Å²) in [5.74, 6) is 0. The minimum absolute atomic E-state index is 0.154. The quantitative estimate of drug-likeness (QED) is 0.893. The van der Waals surface area contributed by atoms with Crippen molar-refractivity contribution in [2.75, 3.05) is 37.6 Å². The van der Waals surface area contributed by atoms with E-state index in [4.69, 9.17) is 0 Å². The summed E-state index contributed by atoms with van der Waals surface area (Å²) in [7, 11) is 0. The number of halogens is 1. The maximum absolute atomic E-state index is 3.75. The van der Waals surface area contributed by atoms with E-state index in [9.17, 15) is 0 Å². The zero-order chi connectivity index (χ0) is 15.5. The van der Waals surface area contributed by atoms with Crippen LogP contribution in [-0.2, 0) is 6.54 Å². The molecular formula is C17H28BrN3. The molecule has 1 aromatic carbocycles. The van der Waals surface area contributed by atoms with Crippen LogP contribution in [0.4, 0.5) is 5.69 Å². The van der Waals surface area contributed by atoms with Crippen molar-refractivity contribution < 1.29 is 0 Å². The van der Waals surface area contributed by atoms with Crippen LogP contribution in [0.1, 0.15) is 33.3 Å². The normalized spacial score (nSPS) is 17.3. The van der Waals surface area contributed by atoms with Crippen molar-refractivity contribution in [2.45, 2.75) is 39.8 Å². The molecule has 2 rings (SSSR count). The molecule has 0 bridgehead atoms. The van der Waals surface area contributed by atoms with E-state index in [0.717, 1.165) is 39.3 Å². The summed E-state index contributed by atoms with van der Waals surface area (Å²) in [4.78, 5) is 4.99. The lowest BCUT2D eigenvalue weighted by Gasteiger charge is -2.36. The van der Waals surface area contributed by atoms with Gasteiger partial charge in [-0.15, -0.1) is 0 Å². The molecule has 1 aromatic rings. The second kappa shape index (κ2) is 7.12. The zero-order valence-electron chi connectivity index (χ0n) is 13.7. The highest BCUT2D eigenvalue weighted by Gasteiger charge is 2.18. The van der Waals surface area contributed by atoms with Crippen LogP contribution >= 0.6 is 15.9 Å². The number of rotatable bonds is 4. The molecular weight excluding hydrogens is 326 g/mol. The lowest BCUT2D eigenvalue weighted by atomic mass is 10.1. The molecule has 0 spiro atoms. The van der Waals surface area contributed by atoms with Crippen molar-refractivity contribution in [3.05, 3.63) is 28.2 Å². The highest BCUT2D eigenvalue weighted by Crippen LogP contribution is 2.28. The van der Waals surface area contributed by atoms with Gasteiger partial charge in [0.1, 0.15) is 0 Å². The third kappa shape index (κ3) is 4.97. The van der Waals surface area contributed by atoms with Gasteiger partial charge in [-0.05, 0) is 60.9 Å². The number of nitrogens with zero attached hydrogens (tertiary/aromatic N) is 2. The number of hydrogen-bond acceptors (Lipinski definition) is 3. The van der Waals surface area contributed by atoms with Gasteiger partial charge in [-0.1, -0.05) is 13.0 Å². The average Bonchev–Trinajstić information content (AvgIpc) is 2.45. The number of piperazine rings is 1. The lowest BCUT2D eigenvalue weighted by molar-refractivity contribution is 0.271. The minimum atomic E-state index is 0.154. The Hall–Kier alpha value is -0.580. The molecule has 4 heteroatoms. The van der Waals surface area contributed by atoms with Gasteiger partial charge in [-0.2, -0.15) is 0 Å². The Kier molecular flexibility index (Phi) is 5.69. The summed E-state index contributed by atoms with van der Waals surface area (Å²) in [6, 6.07) is 6.75. The van der Waals surface area contributed by atoms with Gasteiger partial charge >= 0.3 is 0 Å². The Balaban J connectivity index is 1.99. The molecule has 0 aromatic heterocycles. The van der Waals surface area contributed by atoms with Crippen molar-refractivity contribution in [1.29, 1.82) is 0 Å². The first kappa shape index (κ1) is 16.8. The van der Waals surface area contributed by atoms with Crippen LogP contribution < -0.4 is 10.2 Å². The van der Waals surface area contributed by atoms with Crippen molar-refractivity contribution in [1.82, 2.24) is 10.2 Å². The maximum atomic E-state index is 3.75. The zero-order valence-corrected chi connectivity index (χ0v) is 15.3. The molecule has 1 aliphatic rings. The van der Waals surface area contributed by atoms with Crippen LogP contribution in [0.5, 0.6) is 0 Å². The van der Waals surface area contributed by atoms with Crippen molar-refractivity contribution in [3.8, 4) is 0 Å². The van der Waals surface area contributed by atoms with Crippen LogP contribution in [-0.4, -0.2) is 43.2 Å². The second-order valence-corrected chi connectivity index (χ2v) is 7.66. The summed E-state index contributed by atoms with van der Waals surface area (Å²) >= 11 is 3.75. The SMILES string of the molecule is CCN1CCN(c2ccc(CNC(C)(C)C)cc2Br)CC1. The van der Waals surface area contributed by atoms with E-state index < -0.39 is 0 Å². The van der Waals surface area contributed by atoms with Crippen LogP contribution in [0.3, 0.4) is 0 Å². The van der Waals surface area contributed by atoms with Crippen LogP contribution in [0.25, 0.3) is 0 Å². The standard InChI is InChI=1S/C17H28BrN3/c1-5-20-8-10-21(11-9-20)16-7-6-14(12-15(16)18)13-19-17(2,3)4/h6-7,12,19H,5,8-11,13H2,1-4H3. The second-order valence-electron chi connectivity index (χ2n) is 6.81. The first-order valence-electron chi connectivity index (χ1n) is 7.90. The molecule has 0 saturated carbocycles. The molecule has 0 aliphatic carbocycles. The van der Waals surface area contributed by atoms with Gasteiger partial charge < -0.3 is 15.1 Å². The van der Waals surface area contributed by atoms with Gasteiger partial charge in [0.05, 0.1) is 5.69 Å². The van der Waals surface area contributed by atoms with E-state index in [1.54, 1.807) is 0 Å². The minimum Gasteiger partial charge on any atom is -0.368 e. The molecule has 1 fully saturated rings. The Morgan fingerprint density at radius 3 is 2.33 bits per heavy atom. The highest BCUT2D eigenvalue weighted by atomic mass is 79.9. The maximum Gasteiger partial charge on any atom is 0.0511 e. The van der Waals surface area contributed by atoms with Gasteiger partial charge in [0.15, 0.2) is 0 Å². The van der Waals surface area contributed by atoms with E-state index in [1.165, 1.54) is 15.7 Å². The smallest absolute Gasteiger partial charge is 0.0511 e. The van der Waals surface area contributed by atoms with Gasteiger partial charge in [-0.3, -0.25) is 0 Å². The molecule has 0 atom stereocenters. The number of anilines is 1. The average molecular weight is 354 g/mol. The fraction of sp³-hybridized carbons (Fsp3) is 0.647. The molecule has 0 unspecified atom stereocenters. The number of hydrogen-bond donors (Lipinski definition) is 1. The van der Waals surface area contributed by atoms with Gasteiger partial charge in [0.25, 0.3) is 0 Å². The molecule has 1 saturated heterocycles. The van der Waals surface area contributed by atoms with E-state index in [-0.39, 0.29) is 5.54 Å². The predicted molar refractivity (Wildman–Crippen MR) is 95.1 cm³/mol. The lowest BCUT2D eigenvalue weighted by Crippen LogP contribution is -2.46. The van der Waals surface area contributed by atoms with Crippen molar-refractivity contribution in [3.63, 3.8) is 0 Å². The largest absolute Gasteiger partial charge is 0.368 e. The topological polar surface area (TPSA) is 18.5 Å². The molecule has 1 N–H and O–H groups in total. The van der Waals surface area contributed by atoms with Gasteiger partial charge in [0, 0.05) is 42.7 Å². The Morgan fingerprint density at radius 1 is 1.14 bits per heavy atom. The summed E-state index contributed by atoms with van der Waals surface area (Å²) < 4.78 is 1.21. The molecule has 118 valence electrons. The molecule has 3 nitrogen and oxygen atoms in total. The molecule has 21 heavy (non-hydrogen) atoms. The van der Waals surface area contributed by atoms with Crippen molar-refractivity contribution in [2.24, 2.45) is 0 Å². The molecule has 0 radical (unpaired) electrons. The van der Waals surface area contributed by atoms with E-state index in [0.29, 0.717) is 0 Å². The summed E-state index contributed by atoms with van der Waals surface area (Å²) in [5, 5.41) is 3.54. The van der Waals surface area contributed by atoms with Crippen molar-refractivity contribution >= 4 is 21.6 Å². The third-order valence-electron chi connectivity index (χ3n) is 4.00. The van der Waals surface area contributed by atoms with Crippen LogP contribution in [0.15, 0.2) is 22.7 Å². The number of benzene rings is 1. The van der Waals surface area contributed by atoms with Gasteiger partial charge in [0.2, 0.25) is 0 Å². The summed E-state index contributed by atoms with van der Waals surface area (Å²) in [6.07, 6.45) is 0. The molecule has 1 heterocycles. The Labute approximate surface area is 137 Å². The van der Waals surface area contributed by atoms with Crippen LogP contribution in [0, 0.1) is 0 Å². The number of likely N-dealkylation sites (N-methyl/N-ethyl adjacent to an activating group) is 1. The molecule has 0 amide bonds. The van der Waals surface area contributed by atoms with E-state index >= 15 is 0 Å². The third-order valence-corrected chi connectivity index (χ3v) is 4.63. The highest BCUT2D eigenvalue weighted by molar-refractivity contribution is 9.10. The first-order valence-corrected chi connectivity index (χ1v) is 8.69. The van der Waals surface area contributed by atoms with E-state index in [2.05, 4.69) is 76.9 Å².